The average molecular weight is 616 g/mol. The Bertz CT molecular complexity index is 1590. The number of benzene rings is 3. The molecule has 1 heterocycles. The molecule has 2 amide bonds. The molecule has 4 rings (SSSR count). The van der Waals surface area contributed by atoms with Crippen molar-refractivity contribution in [1.29, 1.82) is 0 Å². The fourth-order valence-electron chi connectivity index (χ4n) is 3.91. The monoisotopic (exact) mass is 615 g/mol. The van der Waals surface area contributed by atoms with E-state index in [9.17, 15) is 9.59 Å². The Kier molecular flexibility index (Phi) is 11.8. The lowest BCUT2D eigenvalue weighted by Gasteiger charge is -2.14. The van der Waals surface area contributed by atoms with Crippen LogP contribution in [0, 0.1) is 0 Å². The maximum atomic E-state index is 12.4. The van der Waals surface area contributed by atoms with Gasteiger partial charge in [0.05, 0.1) is 26.4 Å². The van der Waals surface area contributed by atoms with Crippen LogP contribution in [0.2, 0.25) is 0 Å². The van der Waals surface area contributed by atoms with Gasteiger partial charge in [-0.15, -0.1) is 16.8 Å². The molecular formula is C32H33N5O6S. The highest BCUT2D eigenvalue weighted by Gasteiger charge is 2.13. The van der Waals surface area contributed by atoms with Crippen LogP contribution >= 0.6 is 11.3 Å². The Labute approximate surface area is 259 Å². The van der Waals surface area contributed by atoms with Crippen molar-refractivity contribution in [3.63, 3.8) is 0 Å². The summed E-state index contributed by atoms with van der Waals surface area (Å²) in [5, 5.41) is 15.3. The molecule has 1 aromatic heterocycles. The summed E-state index contributed by atoms with van der Waals surface area (Å²) in [5.41, 5.74) is 4.69. The van der Waals surface area contributed by atoms with Gasteiger partial charge in [-0.25, -0.2) is 5.43 Å². The fourth-order valence-corrected chi connectivity index (χ4v) is 4.64. The Hall–Kier alpha value is -5.23. The number of rotatable bonds is 16. The standard InChI is InChI=1S/C32H33N5O6S/c1-4-8-23-9-6-7-10-26(23)42-17-18-43-27-16-11-22(19-28(27)41-5-2)21-33-35-29(38)20-30-36-37-32(44-30)34-31(39)24-12-14-25(40-3)15-13-24/h4,6-7,9-16,19,21H,1,5,8,17-18,20H2,2-3H3,(H,35,38)(H,34,37,39)/b33-21-. The molecule has 228 valence electrons. The Balaban J connectivity index is 1.25. The molecule has 44 heavy (non-hydrogen) atoms. The van der Waals surface area contributed by atoms with E-state index in [0.29, 0.717) is 53.2 Å². The van der Waals surface area contributed by atoms with Gasteiger partial charge >= 0.3 is 0 Å². The van der Waals surface area contributed by atoms with Gasteiger partial charge in [0.1, 0.15) is 29.7 Å². The van der Waals surface area contributed by atoms with Crippen molar-refractivity contribution in [2.75, 3.05) is 32.2 Å². The maximum Gasteiger partial charge on any atom is 0.257 e. The molecule has 0 aliphatic carbocycles. The number of amides is 2. The zero-order chi connectivity index (χ0) is 31.1. The van der Waals surface area contributed by atoms with Crippen LogP contribution in [0.25, 0.3) is 0 Å². The van der Waals surface area contributed by atoms with Gasteiger partial charge in [-0.1, -0.05) is 35.6 Å². The number of methoxy groups -OCH3 is 1. The molecule has 0 spiro atoms. The molecule has 3 aromatic carbocycles. The number of carbonyl (C=O) groups excluding carboxylic acids is 2. The van der Waals surface area contributed by atoms with Crippen LogP contribution in [-0.4, -0.2) is 55.2 Å². The Morgan fingerprint density at radius 3 is 2.48 bits per heavy atom. The first-order valence-corrected chi connectivity index (χ1v) is 14.6. The van der Waals surface area contributed by atoms with Crippen molar-refractivity contribution in [2.24, 2.45) is 5.10 Å². The molecule has 0 aliphatic rings. The normalized spacial score (nSPS) is 10.7. The van der Waals surface area contributed by atoms with E-state index in [1.165, 1.54) is 6.21 Å². The molecule has 0 radical (unpaired) electrons. The topological polar surface area (TPSA) is 133 Å². The molecule has 12 heteroatoms. The lowest BCUT2D eigenvalue weighted by molar-refractivity contribution is -0.120. The molecule has 0 unspecified atom stereocenters. The van der Waals surface area contributed by atoms with Crippen molar-refractivity contribution in [1.82, 2.24) is 15.6 Å². The van der Waals surface area contributed by atoms with Crippen molar-refractivity contribution < 1.29 is 28.5 Å². The number of anilines is 1. The van der Waals surface area contributed by atoms with Gasteiger partial charge < -0.3 is 18.9 Å². The number of ether oxygens (including phenoxy) is 4. The van der Waals surface area contributed by atoms with E-state index in [0.717, 1.165) is 29.1 Å². The smallest absolute Gasteiger partial charge is 0.257 e. The first-order chi connectivity index (χ1) is 21.5. The number of para-hydroxylation sites is 1. The Morgan fingerprint density at radius 2 is 1.73 bits per heavy atom. The number of allylic oxidation sites excluding steroid dienone is 1. The second-order valence-corrected chi connectivity index (χ2v) is 10.2. The number of hydrogen-bond donors (Lipinski definition) is 2. The first kappa shape index (κ1) is 31.7. The van der Waals surface area contributed by atoms with Gasteiger partial charge in [0, 0.05) is 5.56 Å². The summed E-state index contributed by atoms with van der Waals surface area (Å²) in [4.78, 5) is 24.8. The minimum absolute atomic E-state index is 0.0511. The highest BCUT2D eigenvalue weighted by molar-refractivity contribution is 7.15. The lowest BCUT2D eigenvalue weighted by atomic mass is 10.1. The van der Waals surface area contributed by atoms with Crippen molar-refractivity contribution in [3.05, 3.63) is 101 Å². The predicted octanol–water partition coefficient (Wildman–Crippen LogP) is 5.08. The second kappa shape index (κ2) is 16.4. The van der Waals surface area contributed by atoms with E-state index in [1.54, 1.807) is 49.6 Å². The predicted molar refractivity (Wildman–Crippen MR) is 169 cm³/mol. The highest BCUT2D eigenvalue weighted by atomic mass is 32.1. The van der Waals surface area contributed by atoms with Crippen molar-refractivity contribution >= 4 is 34.5 Å². The number of nitrogens with one attached hydrogen (secondary N) is 2. The van der Waals surface area contributed by atoms with Crippen LogP contribution in [0.3, 0.4) is 0 Å². The van der Waals surface area contributed by atoms with Crippen LogP contribution in [-0.2, 0) is 17.6 Å². The number of hydrazone groups is 1. The third kappa shape index (κ3) is 9.39. The van der Waals surface area contributed by atoms with Crippen LogP contribution in [0.1, 0.15) is 33.4 Å². The molecule has 4 aromatic rings. The van der Waals surface area contributed by atoms with Crippen LogP contribution in [0.15, 0.2) is 84.5 Å². The number of nitrogens with zero attached hydrogens (tertiary/aromatic N) is 3. The summed E-state index contributed by atoms with van der Waals surface area (Å²) >= 11 is 1.11. The summed E-state index contributed by atoms with van der Waals surface area (Å²) in [6.45, 7) is 6.81. The minimum Gasteiger partial charge on any atom is -0.497 e. The number of carbonyl (C=O) groups is 2. The highest BCUT2D eigenvalue weighted by Crippen LogP contribution is 2.28. The minimum atomic E-state index is -0.384. The summed E-state index contributed by atoms with van der Waals surface area (Å²) in [6.07, 6.45) is 4.02. The summed E-state index contributed by atoms with van der Waals surface area (Å²) < 4.78 is 22.6. The molecule has 2 N–H and O–H groups in total. The third-order valence-electron chi connectivity index (χ3n) is 5.96. The molecule has 0 atom stereocenters. The van der Waals surface area contributed by atoms with E-state index >= 15 is 0 Å². The fraction of sp³-hybridized carbons (Fsp3) is 0.219. The van der Waals surface area contributed by atoms with E-state index in [2.05, 4.69) is 32.6 Å². The molecular weight excluding hydrogens is 582 g/mol. The van der Waals surface area contributed by atoms with E-state index in [4.69, 9.17) is 18.9 Å². The van der Waals surface area contributed by atoms with Crippen molar-refractivity contribution in [3.8, 4) is 23.0 Å². The Morgan fingerprint density at radius 1 is 0.955 bits per heavy atom. The van der Waals surface area contributed by atoms with E-state index in [-0.39, 0.29) is 23.4 Å². The lowest BCUT2D eigenvalue weighted by Crippen LogP contribution is -2.19. The average Bonchev–Trinajstić information content (AvgIpc) is 3.47. The van der Waals surface area contributed by atoms with Gasteiger partial charge in [-0.3, -0.25) is 14.9 Å². The number of hydrogen-bond acceptors (Lipinski definition) is 10. The summed E-state index contributed by atoms with van der Waals surface area (Å²) in [5.74, 6) is 1.84. The van der Waals surface area contributed by atoms with Crippen LogP contribution in [0.4, 0.5) is 5.13 Å². The van der Waals surface area contributed by atoms with Crippen molar-refractivity contribution in [2.45, 2.75) is 19.8 Å². The van der Waals surface area contributed by atoms with Crippen LogP contribution in [0.5, 0.6) is 23.0 Å². The van der Waals surface area contributed by atoms with Gasteiger partial charge in [-0.05, 0) is 73.0 Å². The first-order valence-electron chi connectivity index (χ1n) is 13.8. The number of aromatic nitrogens is 2. The molecule has 0 fully saturated rings. The quantitative estimate of drug-likeness (QED) is 0.0772. The van der Waals surface area contributed by atoms with Gasteiger partial charge in [0.2, 0.25) is 11.0 Å². The molecule has 11 nitrogen and oxygen atoms in total. The molecule has 0 aliphatic heterocycles. The SMILES string of the molecule is C=CCc1ccccc1OCCOc1ccc(/C=N\NC(=O)Cc2nnc(NC(=O)c3ccc(OC)cc3)s2)cc1OCC. The molecule has 0 bridgehead atoms. The summed E-state index contributed by atoms with van der Waals surface area (Å²) in [6, 6.07) is 19.8. The second-order valence-electron chi connectivity index (χ2n) is 9.09. The summed E-state index contributed by atoms with van der Waals surface area (Å²) in [7, 11) is 1.55. The maximum absolute atomic E-state index is 12.4. The van der Waals surface area contributed by atoms with E-state index in [1.807, 2.05) is 37.3 Å². The third-order valence-corrected chi connectivity index (χ3v) is 6.80. The molecule has 0 saturated carbocycles. The largest absolute Gasteiger partial charge is 0.497 e. The van der Waals surface area contributed by atoms with Gasteiger partial charge in [-0.2, -0.15) is 5.10 Å². The van der Waals surface area contributed by atoms with E-state index < -0.39 is 0 Å². The van der Waals surface area contributed by atoms with Gasteiger partial charge in [0.25, 0.3) is 5.91 Å². The zero-order valence-corrected chi connectivity index (χ0v) is 25.3. The molecule has 0 saturated heterocycles. The van der Waals surface area contributed by atoms with Gasteiger partial charge in [0.15, 0.2) is 11.5 Å². The van der Waals surface area contributed by atoms with Crippen LogP contribution < -0.4 is 29.7 Å². The zero-order valence-electron chi connectivity index (χ0n) is 24.4.